The summed E-state index contributed by atoms with van der Waals surface area (Å²) in [6.45, 7) is 3.29. The summed E-state index contributed by atoms with van der Waals surface area (Å²) in [4.78, 5) is 0. The van der Waals surface area contributed by atoms with Gasteiger partial charge in [-0.15, -0.1) is 0 Å². The molecule has 0 unspecified atom stereocenters. The van der Waals surface area contributed by atoms with Crippen molar-refractivity contribution in [1.29, 1.82) is 9.56 Å². The van der Waals surface area contributed by atoms with Crippen LogP contribution in [0.5, 0.6) is 0 Å². The van der Waals surface area contributed by atoms with Gasteiger partial charge in [0.05, 0.1) is 0 Å². The molecule has 0 aliphatic carbocycles. The predicted octanol–water partition coefficient (Wildman–Crippen LogP) is 1.44. The van der Waals surface area contributed by atoms with Crippen LogP contribution in [-0.4, -0.2) is 6.26 Å². The third kappa shape index (κ3) is 3.69. The molecule has 2 N–H and O–H groups in total. The topological polar surface area (TPSA) is 47.7 Å². The largest absolute Gasteiger partial charge is 0.267 e. The van der Waals surface area contributed by atoms with Crippen LogP contribution in [0.25, 0.3) is 0 Å². The standard InChI is InChI=1S/C3H8N2S/c1-3-6(2,4)5/h3-5H,1H2,2H3. The smallest absolute Gasteiger partial charge is 0.00516 e. The Labute approximate surface area is 38.3 Å². The van der Waals surface area contributed by atoms with E-state index >= 15 is 0 Å². The second kappa shape index (κ2) is 1.43. The van der Waals surface area contributed by atoms with Gasteiger partial charge in [0.1, 0.15) is 0 Å². The summed E-state index contributed by atoms with van der Waals surface area (Å²) in [5.41, 5.74) is 0. The average molecular weight is 104 g/mol. The maximum absolute atomic E-state index is 6.81. The SMILES string of the molecule is C=CS(C)(=N)=N. The van der Waals surface area contributed by atoms with Gasteiger partial charge < -0.3 is 0 Å². The molecule has 0 aromatic heterocycles. The van der Waals surface area contributed by atoms with Crippen molar-refractivity contribution >= 4 is 9.62 Å². The number of hydrogen-bond donors (Lipinski definition) is 2. The lowest BCUT2D eigenvalue weighted by Crippen LogP contribution is -1.77. The molecule has 0 heterocycles. The normalized spacial score (nSPS) is 10.8. The highest BCUT2D eigenvalue weighted by atomic mass is 32.2. The van der Waals surface area contributed by atoms with Gasteiger partial charge in [0.15, 0.2) is 0 Å². The maximum Gasteiger partial charge on any atom is 0.00516 e. The minimum Gasteiger partial charge on any atom is -0.267 e. The van der Waals surface area contributed by atoms with Gasteiger partial charge in [0.2, 0.25) is 0 Å². The average Bonchev–Trinajstić information content (AvgIpc) is 1.35. The van der Waals surface area contributed by atoms with Gasteiger partial charge in [-0.05, 0) is 15.0 Å². The lowest BCUT2D eigenvalue weighted by molar-refractivity contribution is 1.53. The molecule has 0 rings (SSSR count). The molecule has 0 saturated carbocycles. The molecule has 0 saturated heterocycles. The van der Waals surface area contributed by atoms with Crippen molar-refractivity contribution in [1.82, 2.24) is 0 Å². The zero-order valence-electron chi connectivity index (χ0n) is 3.69. The lowest BCUT2D eigenvalue weighted by Gasteiger charge is -1.86. The van der Waals surface area contributed by atoms with Gasteiger partial charge in [-0.3, -0.25) is 9.56 Å². The van der Waals surface area contributed by atoms with E-state index in [1.165, 1.54) is 5.41 Å². The van der Waals surface area contributed by atoms with Gasteiger partial charge in [-0.25, -0.2) is 0 Å². The molecule has 6 heavy (non-hydrogen) atoms. The number of rotatable bonds is 1. The zero-order valence-corrected chi connectivity index (χ0v) is 4.51. The first-order chi connectivity index (χ1) is 2.56. The molecule has 0 amide bonds. The molecule has 0 radical (unpaired) electrons. The maximum atomic E-state index is 6.81. The van der Waals surface area contributed by atoms with Crippen LogP contribution in [0, 0.1) is 9.56 Å². The Kier molecular flexibility index (Phi) is 1.35. The second-order valence-electron chi connectivity index (χ2n) is 1.15. The Morgan fingerprint density at radius 3 is 1.83 bits per heavy atom. The van der Waals surface area contributed by atoms with Crippen molar-refractivity contribution in [3.05, 3.63) is 12.0 Å². The fourth-order valence-electron chi connectivity index (χ4n) is 0. The quantitative estimate of drug-likeness (QED) is 0.505. The Hall–Kier alpha value is -0.310. The summed E-state index contributed by atoms with van der Waals surface area (Å²) in [5.74, 6) is 0. The molecule has 0 fully saturated rings. The van der Waals surface area contributed by atoms with Crippen LogP contribution in [0.3, 0.4) is 0 Å². The first-order valence-corrected chi connectivity index (χ1v) is 3.56. The van der Waals surface area contributed by atoms with Gasteiger partial charge in [-0.1, -0.05) is 6.58 Å². The highest BCUT2D eigenvalue weighted by Crippen LogP contribution is 1.81. The molecule has 0 aromatic carbocycles. The van der Waals surface area contributed by atoms with Crippen LogP contribution in [0.2, 0.25) is 0 Å². The van der Waals surface area contributed by atoms with E-state index in [4.69, 9.17) is 9.56 Å². The first kappa shape index (κ1) is 5.69. The van der Waals surface area contributed by atoms with E-state index in [1.807, 2.05) is 0 Å². The second-order valence-corrected chi connectivity index (χ2v) is 3.45. The summed E-state index contributed by atoms with van der Waals surface area (Å²) in [5, 5.41) is 1.35. The van der Waals surface area contributed by atoms with Gasteiger partial charge in [0, 0.05) is 6.26 Å². The Bertz CT molecular complexity index is 119. The van der Waals surface area contributed by atoms with Crippen molar-refractivity contribution in [3.8, 4) is 0 Å². The number of nitrogens with one attached hydrogen (secondary N) is 2. The summed E-state index contributed by atoms with van der Waals surface area (Å²) in [7, 11) is -1.90. The van der Waals surface area contributed by atoms with E-state index in [0.717, 1.165) is 0 Å². The summed E-state index contributed by atoms with van der Waals surface area (Å²) in [6, 6.07) is 0. The Morgan fingerprint density at radius 1 is 1.67 bits per heavy atom. The fourth-order valence-corrected chi connectivity index (χ4v) is 0. The highest BCUT2D eigenvalue weighted by molar-refractivity contribution is 7.95. The van der Waals surface area contributed by atoms with Crippen LogP contribution >= 0.6 is 0 Å². The number of hydrogen-bond acceptors (Lipinski definition) is 2. The van der Waals surface area contributed by atoms with E-state index in [0.29, 0.717) is 0 Å². The summed E-state index contributed by atoms with van der Waals surface area (Å²) >= 11 is 0. The molecule has 0 spiro atoms. The van der Waals surface area contributed by atoms with E-state index in [-0.39, 0.29) is 0 Å². The van der Waals surface area contributed by atoms with E-state index in [2.05, 4.69) is 6.58 Å². The van der Waals surface area contributed by atoms with E-state index in [1.54, 1.807) is 6.26 Å². The van der Waals surface area contributed by atoms with E-state index < -0.39 is 9.62 Å². The van der Waals surface area contributed by atoms with Gasteiger partial charge in [-0.2, -0.15) is 0 Å². The van der Waals surface area contributed by atoms with Crippen LogP contribution < -0.4 is 0 Å². The fraction of sp³-hybridized carbons (Fsp3) is 0.333. The third-order valence-electron chi connectivity index (χ3n) is 0.333. The Balaban J connectivity index is 4.25. The molecule has 0 bridgehead atoms. The van der Waals surface area contributed by atoms with Crippen molar-refractivity contribution in [3.63, 3.8) is 0 Å². The third-order valence-corrected chi connectivity index (χ3v) is 1.000. The summed E-state index contributed by atoms with van der Waals surface area (Å²) < 4.78 is 13.6. The van der Waals surface area contributed by atoms with Gasteiger partial charge >= 0.3 is 0 Å². The molecule has 0 aliphatic rings. The van der Waals surface area contributed by atoms with E-state index in [9.17, 15) is 0 Å². The zero-order chi connectivity index (χ0) is 5.21. The Morgan fingerprint density at radius 2 is 1.83 bits per heavy atom. The molecule has 0 aromatic rings. The minimum absolute atomic E-state index is 1.35. The van der Waals surface area contributed by atoms with Crippen molar-refractivity contribution in [2.24, 2.45) is 0 Å². The van der Waals surface area contributed by atoms with Crippen molar-refractivity contribution in [2.45, 2.75) is 0 Å². The minimum atomic E-state index is -1.90. The van der Waals surface area contributed by atoms with Gasteiger partial charge in [0.25, 0.3) is 0 Å². The van der Waals surface area contributed by atoms with Crippen LogP contribution in [0.15, 0.2) is 12.0 Å². The molecular weight excluding hydrogens is 96.1 g/mol. The van der Waals surface area contributed by atoms with Crippen molar-refractivity contribution in [2.75, 3.05) is 6.26 Å². The van der Waals surface area contributed by atoms with Crippen LogP contribution in [0.4, 0.5) is 0 Å². The molecule has 0 atom stereocenters. The van der Waals surface area contributed by atoms with Crippen molar-refractivity contribution < 1.29 is 0 Å². The lowest BCUT2D eigenvalue weighted by atomic mass is 11.3. The molecular formula is C3H8N2S. The molecule has 3 heteroatoms. The highest BCUT2D eigenvalue weighted by Gasteiger charge is 1.72. The molecule has 36 valence electrons. The monoisotopic (exact) mass is 104 g/mol. The first-order valence-electron chi connectivity index (χ1n) is 1.46. The summed E-state index contributed by atoms with van der Waals surface area (Å²) in [6.07, 6.45) is 1.54. The predicted molar refractivity (Wildman–Crippen MR) is 28.9 cm³/mol. The molecule has 0 aliphatic heterocycles. The van der Waals surface area contributed by atoms with Crippen LogP contribution in [0.1, 0.15) is 0 Å². The molecule has 2 nitrogen and oxygen atoms in total. The van der Waals surface area contributed by atoms with Crippen LogP contribution in [-0.2, 0) is 9.62 Å².